The molecule has 90 valence electrons. The molecule has 0 aliphatic carbocycles. The van der Waals surface area contributed by atoms with E-state index in [9.17, 15) is 0 Å². The van der Waals surface area contributed by atoms with Crippen molar-refractivity contribution < 1.29 is 9.47 Å². The zero-order chi connectivity index (χ0) is 12.0. The molecule has 1 N–H and O–H groups in total. The van der Waals surface area contributed by atoms with Crippen molar-refractivity contribution in [2.75, 3.05) is 26.1 Å². The summed E-state index contributed by atoms with van der Waals surface area (Å²) in [6.07, 6.45) is 0. The fourth-order valence-corrected chi connectivity index (χ4v) is 1.87. The van der Waals surface area contributed by atoms with Gasteiger partial charge in [-0.2, -0.15) is 0 Å². The predicted octanol–water partition coefficient (Wildman–Crippen LogP) is 1.81. The smallest absolute Gasteiger partial charge is 0.156 e. The number of methoxy groups -OCH3 is 1. The van der Waals surface area contributed by atoms with Crippen LogP contribution in [0.15, 0.2) is 0 Å². The number of ether oxygens (including phenoxy) is 2. The van der Waals surface area contributed by atoms with E-state index in [4.69, 9.17) is 9.47 Å². The number of hydrogen-bond donors (Lipinski definition) is 1. The summed E-state index contributed by atoms with van der Waals surface area (Å²) in [5.74, 6) is 1.50. The van der Waals surface area contributed by atoms with Crippen molar-refractivity contribution in [3.63, 3.8) is 0 Å². The molecule has 5 nitrogen and oxygen atoms in total. The maximum atomic E-state index is 5.30. The molecule has 6 heteroatoms. The Labute approximate surface area is 109 Å². The van der Waals surface area contributed by atoms with E-state index in [1.165, 1.54) is 0 Å². The van der Waals surface area contributed by atoms with Crippen molar-refractivity contribution in [2.24, 2.45) is 0 Å². The summed E-state index contributed by atoms with van der Waals surface area (Å²) in [4.78, 5) is 8.76. The Morgan fingerprint density at radius 1 is 1.31 bits per heavy atom. The third-order valence-electron chi connectivity index (χ3n) is 1.92. The summed E-state index contributed by atoms with van der Waals surface area (Å²) >= 11 is 2.21. The number of nitrogens with zero attached hydrogens (tertiary/aromatic N) is 2. The van der Waals surface area contributed by atoms with Crippen molar-refractivity contribution in [1.29, 1.82) is 0 Å². The summed E-state index contributed by atoms with van der Waals surface area (Å²) < 4.78 is 11.4. The van der Waals surface area contributed by atoms with Gasteiger partial charge in [0.15, 0.2) is 5.82 Å². The van der Waals surface area contributed by atoms with Crippen molar-refractivity contribution in [3.05, 3.63) is 15.1 Å². The quantitative estimate of drug-likeness (QED) is 0.803. The Bertz CT molecular complexity index is 347. The van der Waals surface area contributed by atoms with Gasteiger partial charge in [-0.3, -0.25) is 0 Å². The second kappa shape index (κ2) is 6.97. The van der Waals surface area contributed by atoms with E-state index in [-0.39, 0.29) is 0 Å². The highest BCUT2D eigenvalue weighted by atomic mass is 127. The Hall–Kier alpha value is -0.470. The first kappa shape index (κ1) is 13.6. The summed E-state index contributed by atoms with van der Waals surface area (Å²) in [7, 11) is 3.49. The molecule has 0 aliphatic heterocycles. The third kappa shape index (κ3) is 3.53. The number of hydrogen-bond acceptors (Lipinski definition) is 5. The van der Waals surface area contributed by atoms with Gasteiger partial charge in [-0.05, 0) is 29.5 Å². The molecular formula is C10H16IN3O2. The van der Waals surface area contributed by atoms with E-state index in [2.05, 4.69) is 37.9 Å². The number of halogens is 1. The van der Waals surface area contributed by atoms with Gasteiger partial charge in [0, 0.05) is 20.8 Å². The molecule has 0 bridgehead atoms. The Morgan fingerprint density at radius 2 is 2.06 bits per heavy atom. The summed E-state index contributed by atoms with van der Waals surface area (Å²) in [6.45, 7) is 3.51. The molecule has 0 aromatic carbocycles. The lowest BCUT2D eigenvalue weighted by Crippen LogP contribution is -2.09. The van der Waals surface area contributed by atoms with Crippen LogP contribution in [0.2, 0.25) is 0 Å². The molecule has 0 radical (unpaired) electrons. The molecule has 0 saturated carbocycles. The maximum Gasteiger partial charge on any atom is 0.156 e. The van der Waals surface area contributed by atoms with Gasteiger partial charge in [0.1, 0.15) is 12.4 Å². The van der Waals surface area contributed by atoms with E-state index in [1.54, 1.807) is 7.11 Å². The minimum absolute atomic E-state index is 0.429. The molecule has 0 amide bonds. The van der Waals surface area contributed by atoms with Crippen LogP contribution in [0.25, 0.3) is 0 Å². The molecule has 0 aliphatic rings. The van der Waals surface area contributed by atoms with Crippen molar-refractivity contribution in [1.82, 2.24) is 9.97 Å². The topological polar surface area (TPSA) is 56.3 Å². The fourth-order valence-electron chi connectivity index (χ4n) is 1.20. The van der Waals surface area contributed by atoms with Crippen molar-refractivity contribution in [3.8, 4) is 0 Å². The molecule has 1 aromatic heterocycles. The minimum Gasteiger partial charge on any atom is -0.378 e. The molecule has 0 spiro atoms. The molecule has 0 saturated heterocycles. The zero-order valence-corrected chi connectivity index (χ0v) is 11.9. The lowest BCUT2D eigenvalue weighted by atomic mass is 10.4. The SMILES string of the molecule is CCOCc1nc(COC)c(I)c(NC)n1. The molecule has 0 unspecified atom stereocenters. The van der Waals surface area contributed by atoms with E-state index < -0.39 is 0 Å². The highest BCUT2D eigenvalue weighted by Gasteiger charge is 2.10. The number of anilines is 1. The van der Waals surface area contributed by atoms with Gasteiger partial charge in [0.05, 0.1) is 15.9 Å². The number of aromatic nitrogens is 2. The largest absolute Gasteiger partial charge is 0.378 e. The monoisotopic (exact) mass is 337 g/mol. The van der Waals surface area contributed by atoms with Crippen LogP contribution < -0.4 is 5.32 Å². The van der Waals surface area contributed by atoms with E-state index in [1.807, 2.05) is 14.0 Å². The van der Waals surface area contributed by atoms with Crippen LogP contribution >= 0.6 is 22.6 Å². The lowest BCUT2D eigenvalue weighted by molar-refractivity contribution is 0.127. The highest BCUT2D eigenvalue weighted by Crippen LogP contribution is 2.19. The van der Waals surface area contributed by atoms with Crippen LogP contribution in [0.3, 0.4) is 0 Å². The van der Waals surface area contributed by atoms with Gasteiger partial charge in [-0.1, -0.05) is 0 Å². The summed E-state index contributed by atoms with van der Waals surface area (Å²) in [5.41, 5.74) is 0.886. The molecule has 16 heavy (non-hydrogen) atoms. The average molecular weight is 337 g/mol. The molecule has 0 atom stereocenters. The van der Waals surface area contributed by atoms with Crippen LogP contribution in [0.1, 0.15) is 18.4 Å². The third-order valence-corrected chi connectivity index (χ3v) is 3.05. The van der Waals surface area contributed by atoms with Gasteiger partial charge in [0.25, 0.3) is 0 Å². The van der Waals surface area contributed by atoms with Gasteiger partial charge >= 0.3 is 0 Å². The average Bonchev–Trinajstić information content (AvgIpc) is 2.30. The second-order valence-corrected chi connectivity index (χ2v) is 4.15. The Kier molecular flexibility index (Phi) is 5.93. The highest BCUT2D eigenvalue weighted by molar-refractivity contribution is 14.1. The van der Waals surface area contributed by atoms with Crippen LogP contribution in [-0.2, 0) is 22.7 Å². The zero-order valence-electron chi connectivity index (χ0n) is 9.71. The van der Waals surface area contributed by atoms with Crippen LogP contribution in [0.5, 0.6) is 0 Å². The van der Waals surface area contributed by atoms with Gasteiger partial charge < -0.3 is 14.8 Å². The van der Waals surface area contributed by atoms with Crippen molar-refractivity contribution in [2.45, 2.75) is 20.1 Å². The first-order chi connectivity index (χ1) is 7.72. The van der Waals surface area contributed by atoms with Crippen LogP contribution in [-0.4, -0.2) is 30.7 Å². The van der Waals surface area contributed by atoms with E-state index in [0.29, 0.717) is 25.6 Å². The van der Waals surface area contributed by atoms with E-state index >= 15 is 0 Å². The van der Waals surface area contributed by atoms with Gasteiger partial charge in [0.2, 0.25) is 0 Å². The summed E-state index contributed by atoms with van der Waals surface area (Å²) in [5, 5.41) is 3.04. The molecule has 1 rings (SSSR count). The first-order valence-electron chi connectivity index (χ1n) is 5.02. The van der Waals surface area contributed by atoms with Gasteiger partial charge in [-0.15, -0.1) is 0 Å². The first-order valence-corrected chi connectivity index (χ1v) is 6.10. The predicted molar refractivity (Wildman–Crippen MR) is 70.3 cm³/mol. The standard InChI is InChI=1S/C10H16IN3O2/c1-4-16-6-8-13-7(5-15-3)9(11)10(12-2)14-8/h4-6H2,1-3H3,(H,12,13,14). The fraction of sp³-hybridized carbons (Fsp3) is 0.600. The Balaban J connectivity index is 2.97. The maximum absolute atomic E-state index is 5.30. The lowest BCUT2D eigenvalue weighted by Gasteiger charge is -2.10. The number of nitrogens with one attached hydrogen (secondary N) is 1. The minimum atomic E-state index is 0.429. The van der Waals surface area contributed by atoms with Crippen LogP contribution in [0.4, 0.5) is 5.82 Å². The molecular weight excluding hydrogens is 321 g/mol. The molecule has 0 fully saturated rings. The summed E-state index contributed by atoms with van der Waals surface area (Å²) in [6, 6.07) is 0. The van der Waals surface area contributed by atoms with E-state index in [0.717, 1.165) is 15.1 Å². The van der Waals surface area contributed by atoms with Crippen LogP contribution in [0, 0.1) is 3.57 Å². The number of rotatable bonds is 6. The van der Waals surface area contributed by atoms with Gasteiger partial charge in [-0.25, -0.2) is 9.97 Å². The molecule has 1 aromatic rings. The molecule has 1 heterocycles. The second-order valence-electron chi connectivity index (χ2n) is 3.07. The normalized spacial score (nSPS) is 10.5. The van der Waals surface area contributed by atoms with Crippen molar-refractivity contribution >= 4 is 28.4 Å². The Morgan fingerprint density at radius 3 is 2.62 bits per heavy atom.